The van der Waals surface area contributed by atoms with E-state index >= 15 is 0 Å². The highest BCUT2D eigenvalue weighted by atomic mass is 31.2. The molecular weight excluding hydrogens is 307 g/mol. The van der Waals surface area contributed by atoms with Crippen molar-refractivity contribution in [1.82, 2.24) is 0 Å². The molecule has 1 aromatic rings. The van der Waals surface area contributed by atoms with Crippen molar-refractivity contribution in [1.29, 1.82) is 0 Å². The fraction of sp³-hybridized carbons (Fsp3) is 0.533. The van der Waals surface area contributed by atoms with Gasteiger partial charge in [0.05, 0.1) is 18.8 Å². The summed E-state index contributed by atoms with van der Waals surface area (Å²) in [6, 6.07) is 6.70. The van der Waals surface area contributed by atoms with Gasteiger partial charge >= 0.3 is 5.97 Å². The van der Waals surface area contributed by atoms with E-state index in [0.29, 0.717) is 37.4 Å². The van der Waals surface area contributed by atoms with E-state index in [4.69, 9.17) is 9.47 Å². The number of carbonyl (C=O) groups excluding carboxylic acids is 1. The molecule has 7 heteroatoms. The van der Waals surface area contributed by atoms with E-state index in [2.05, 4.69) is 0 Å². The molecule has 124 valence electrons. The third-order valence-corrected chi connectivity index (χ3v) is 3.82. The zero-order valence-corrected chi connectivity index (χ0v) is 13.6. The van der Waals surface area contributed by atoms with Gasteiger partial charge < -0.3 is 23.8 Å². The Kier molecular flexibility index (Phi) is 8.17. The summed E-state index contributed by atoms with van der Waals surface area (Å²) in [5.74, 6) is 0.305. The fourth-order valence-corrected chi connectivity index (χ4v) is 2.46. The van der Waals surface area contributed by atoms with E-state index < -0.39 is 7.60 Å². The first-order chi connectivity index (χ1) is 10.4. The van der Waals surface area contributed by atoms with Gasteiger partial charge in [-0.15, -0.1) is 0 Å². The van der Waals surface area contributed by atoms with Crippen LogP contribution in [0.3, 0.4) is 0 Å². The van der Waals surface area contributed by atoms with Crippen LogP contribution in [0.15, 0.2) is 24.3 Å². The third kappa shape index (κ3) is 8.17. The van der Waals surface area contributed by atoms with Crippen LogP contribution < -0.4 is 14.5 Å². The number of carbonyl (C=O) groups is 1. The highest BCUT2D eigenvalue weighted by Gasteiger charge is 2.05. The smallest absolute Gasteiger partial charge is 0.338 e. The molecule has 0 atom stereocenters. The summed E-state index contributed by atoms with van der Waals surface area (Å²) >= 11 is 0. The molecule has 0 amide bonds. The molecule has 22 heavy (non-hydrogen) atoms. The van der Waals surface area contributed by atoms with Gasteiger partial charge in [0.2, 0.25) is 0 Å². The first-order valence-electron chi connectivity index (χ1n) is 7.33. The molecule has 0 aromatic heterocycles. The third-order valence-electron chi connectivity index (χ3n) is 2.96. The number of esters is 1. The lowest BCUT2D eigenvalue weighted by Crippen LogP contribution is -2.16. The van der Waals surface area contributed by atoms with Gasteiger partial charge in [0.1, 0.15) is 5.75 Å². The predicted octanol–water partition coefficient (Wildman–Crippen LogP) is 1.72. The summed E-state index contributed by atoms with van der Waals surface area (Å²) in [6.45, 7) is 2.60. The molecule has 0 saturated heterocycles. The molecule has 0 fully saturated rings. The maximum atomic E-state index is 11.5. The van der Waals surface area contributed by atoms with Crippen LogP contribution in [-0.4, -0.2) is 25.3 Å². The summed E-state index contributed by atoms with van der Waals surface area (Å²) in [6.07, 6.45) is 2.41. The van der Waals surface area contributed by atoms with Gasteiger partial charge in [0.15, 0.2) is 0 Å². The molecule has 0 aliphatic heterocycles. The van der Waals surface area contributed by atoms with Crippen molar-refractivity contribution < 1.29 is 28.6 Å². The monoisotopic (exact) mass is 328 g/mol. The molecule has 6 nitrogen and oxygen atoms in total. The van der Waals surface area contributed by atoms with Crippen LogP contribution in [0.5, 0.6) is 5.75 Å². The van der Waals surface area contributed by atoms with Crippen LogP contribution in [0.2, 0.25) is 0 Å². The molecule has 0 aliphatic carbocycles. The Morgan fingerprint density at radius 1 is 1.09 bits per heavy atom. The van der Waals surface area contributed by atoms with Crippen molar-refractivity contribution in [3.8, 4) is 5.75 Å². The van der Waals surface area contributed by atoms with Crippen LogP contribution in [0, 0.1) is 0 Å². The highest BCUT2D eigenvalue weighted by Crippen LogP contribution is 2.24. The number of hydrogen-bond acceptors (Lipinski definition) is 6. The first kappa shape index (κ1) is 18.7. The standard InChI is InChI=1S/C15H23O6P/c1-2-20-15(16)13-7-9-14(10-8-13)21-11-5-3-4-6-12-22(17,18)19/h7-10H,2-6,11-12H2,1H3,(H2,17,18,19)/p-2. The lowest BCUT2D eigenvalue weighted by Gasteiger charge is -2.29. The zero-order chi connectivity index (χ0) is 16.4. The molecular formula is C15H21O6P-2. The largest absolute Gasteiger partial charge is 0.811 e. The van der Waals surface area contributed by atoms with Gasteiger partial charge in [-0.25, -0.2) is 4.79 Å². The van der Waals surface area contributed by atoms with Gasteiger partial charge in [0.25, 0.3) is 0 Å². The Morgan fingerprint density at radius 3 is 2.32 bits per heavy atom. The molecule has 0 aliphatic rings. The van der Waals surface area contributed by atoms with Gasteiger partial charge in [-0.1, -0.05) is 20.4 Å². The van der Waals surface area contributed by atoms with Gasteiger partial charge in [0, 0.05) is 0 Å². The Labute approximate surface area is 130 Å². The van der Waals surface area contributed by atoms with Crippen molar-refractivity contribution in [2.45, 2.75) is 32.6 Å². The maximum Gasteiger partial charge on any atom is 0.338 e. The molecule has 0 saturated carbocycles. The quantitative estimate of drug-likeness (QED) is 0.368. The van der Waals surface area contributed by atoms with Crippen LogP contribution in [-0.2, 0) is 9.30 Å². The second-order valence-electron chi connectivity index (χ2n) is 4.84. The minimum atomic E-state index is -4.36. The Balaban J connectivity index is 2.17. The molecule has 1 aromatic carbocycles. The summed E-state index contributed by atoms with van der Waals surface area (Å²) < 4.78 is 20.8. The lowest BCUT2D eigenvalue weighted by molar-refractivity contribution is -0.313. The summed E-state index contributed by atoms with van der Waals surface area (Å²) in [4.78, 5) is 32.3. The number of rotatable bonds is 10. The summed E-state index contributed by atoms with van der Waals surface area (Å²) in [7, 11) is -4.36. The number of ether oxygens (including phenoxy) is 2. The van der Waals surface area contributed by atoms with Gasteiger partial charge in [-0.05, 0) is 50.2 Å². The van der Waals surface area contributed by atoms with E-state index in [1.807, 2.05) is 0 Å². The SMILES string of the molecule is CCOC(=O)c1ccc(OCCCCCCP(=O)([O-])[O-])cc1. The van der Waals surface area contributed by atoms with Crippen molar-refractivity contribution >= 4 is 13.6 Å². The predicted molar refractivity (Wildman–Crippen MR) is 78.8 cm³/mol. The van der Waals surface area contributed by atoms with Gasteiger partial charge in [-0.2, -0.15) is 0 Å². The second kappa shape index (κ2) is 9.62. The number of hydrogen-bond donors (Lipinski definition) is 0. The van der Waals surface area contributed by atoms with Crippen molar-refractivity contribution in [3.05, 3.63) is 29.8 Å². The molecule has 1 rings (SSSR count). The Bertz CT molecular complexity index is 493. The van der Waals surface area contributed by atoms with E-state index in [0.717, 1.165) is 12.8 Å². The molecule has 0 bridgehead atoms. The minimum Gasteiger partial charge on any atom is -0.811 e. The minimum absolute atomic E-state index is 0.275. The van der Waals surface area contributed by atoms with Crippen molar-refractivity contribution in [3.63, 3.8) is 0 Å². The van der Waals surface area contributed by atoms with Gasteiger partial charge in [-0.3, -0.25) is 0 Å². The highest BCUT2D eigenvalue weighted by molar-refractivity contribution is 7.48. The summed E-state index contributed by atoms with van der Waals surface area (Å²) in [5.41, 5.74) is 0.480. The van der Waals surface area contributed by atoms with Crippen LogP contribution in [0.4, 0.5) is 0 Å². The van der Waals surface area contributed by atoms with Crippen LogP contribution >= 0.6 is 7.60 Å². The lowest BCUT2D eigenvalue weighted by atomic mass is 10.2. The number of unbranched alkanes of at least 4 members (excludes halogenated alkanes) is 3. The Morgan fingerprint density at radius 2 is 1.73 bits per heavy atom. The fourth-order valence-electron chi connectivity index (χ4n) is 1.85. The van der Waals surface area contributed by atoms with E-state index in [1.165, 1.54) is 0 Å². The van der Waals surface area contributed by atoms with Crippen LogP contribution in [0.1, 0.15) is 43.0 Å². The molecule has 0 radical (unpaired) electrons. The first-order valence-corrected chi connectivity index (χ1v) is 9.06. The van der Waals surface area contributed by atoms with Crippen molar-refractivity contribution in [2.24, 2.45) is 0 Å². The normalized spacial score (nSPS) is 11.2. The topological polar surface area (TPSA) is 98.7 Å². The average molecular weight is 328 g/mol. The van der Waals surface area contributed by atoms with E-state index in [9.17, 15) is 19.1 Å². The molecule has 0 heterocycles. The zero-order valence-electron chi connectivity index (χ0n) is 12.7. The van der Waals surface area contributed by atoms with Crippen molar-refractivity contribution in [2.75, 3.05) is 19.4 Å². The Hall–Kier alpha value is -1.36. The molecule has 0 spiro atoms. The number of benzene rings is 1. The molecule has 0 N–H and O–H groups in total. The second-order valence-corrected chi connectivity index (χ2v) is 6.51. The summed E-state index contributed by atoms with van der Waals surface area (Å²) in [5, 5.41) is 0. The van der Waals surface area contributed by atoms with E-state index in [1.54, 1.807) is 31.2 Å². The maximum absolute atomic E-state index is 11.5. The molecule has 0 unspecified atom stereocenters. The van der Waals surface area contributed by atoms with Crippen LogP contribution in [0.25, 0.3) is 0 Å². The average Bonchev–Trinajstić information content (AvgIpc) is 2.46. The van der Waals surface area contributed by atoms with E-state index in [-0.39, 0.29) is 12.1 Å².